The normalized spacial score (nSPS) is 12.0. The molecule has 2 aromatic carbocycles. The van der Waals surface area contributed by atoms with Crippen LogP contribution in [-0.4, -0.2) is 30.9 Å². The minimum atomic E-state index is -0.292. The zero-order valence-electron chi connectivity index (χ0n) is 15.9. The summed E-state index contributed by atoms with van der Waals surface area (Å²) in [7, 11) is 0. The summed E-state index contributed by atoms with van der Waals surface area (Å²) in [5.74, 6) is 0.469. The predicted molar refractivity (Wildman–Crippen MR) is 109 cm³/mol. The molecule has 0 bridgehead atoms. The monoisotopic (exact) mass is 388 g/mol. The van der Waals surface area contributed by atoms with Crippen molar-refractivity contribution in [3.63, 3.8) is 0 Å². The van der Waals surface area contributed by atoms with Crippen molar-refractivity contribution in [3.05, 3.63) is 77.0 Å². The molecular formula is C21H20N6O2. The summed E-state index contributed by atoms with van der Waals surface area (Å²) >= 11 is 0. The molecule has 4 aromatic rings. The van der Waals surface area contributed by atoms with Crippen LogP contribution in [-0.2, 0) is 11.3 Å². The van der Waals surface area contributed by atoms with Gasteiger partial charge in [0.25, 0.3) is 5.56 Å². The molecule has 1 amide bonds. The van der Waals surface area contributed by atoms with Gasteiger partial charge in [0.15, 0.2) is 0 Å². The highest BCUT2D eigenvalue weighted by atomic mass is 16.2. The number of H-pyrrole nitrogens is 1. The van der Waals surface area contributed by atoms with Gasteiger partial charge in [0.05, 0.1) is 29.9 Å². The van der Waals surface area contributed by atoms with Crippen molar-refractivity contribution in [2.45, 2.75) is 25.9 Å². The number of nitrogens with zero attached hydrogens (tertiary/aromatic N) is 4. The molecule has 0 aliphatic carbocycles. The molecule has 29 heavy (non-hydrogen) atoms. The second kappa shape index (κ2) is 8.05. The van der Waals surface area contributed by atoms with Gasteiger partial charge in [0.1, 0.15) is 11.3 Å². The average molecular weight is 388 g/mol. The van der Waals surface area contributed by atoms with Gasteiger partial charge in [-0.25, -0.2) is 9.67 Å². The van der Waals surface area contributed by atoms with Crippen molar-refractivity contribution in [1.82, 2.24) is 30.3 Å². The summed E-state index contributed by atoms with van der Waals surface area (Å²) in [5.41, 5.74) is 2.20. The van der Waals surface area contributed by atoms with Gasteiger partial charge in [-0.2, -0.15) is 0 Å². The zero-order valence-corrected chi connectivity index (χ0v) is 15.9. The molecule has 0 fully saturated rings. The Morgan fingerprint density at radius 3 is 2.72 bits per heavy atom. The van der Waals surface area contributed by atoms with Crippen LogP contribution in [0.5, 0.6) is 0 Å². The van der Waals surface area contributed by atoms with Gasteiger partial charge in [0, 0.05) is 6.42 Å². The molecule has 8 heteroatoms. The van der Waals surface area contributed by atoms with Crippen LogP contribution in [0.4, 0.5) is 0 Å². The van der Waals surface area contributed by atoms with Gasteiger partial charge in [0.2, 0.25) is 5.91 Å². The number of aryl methyl sites for hydroxylation is 1. The topological polar surface area (TPSA) is 106 Å². The third-order valence-electron chi connectivity index (χ3n) is 4.65. The van der Waals surface area contributed by atoms with E-state index in [-0.39, 0.29) is 30.5 Å². The van der Waals surface area contributed by atoms with Crippen molar-refractivity contribution in [3.8, 4) is 11.3 Å². The lowest BCUT2D eigenvalue weighted by Gasteiger charge is -2.12. The number of nitrogens with one attached hydrogen (secondary N) is 2. The van der Waals surface area contributed by atoms with Gasteiger partial charge in [-0.05, 0) is 24.6 Å². The van der Waals surface area contributed by atoms with Crippen molar-refractivity contribution in [2.24, 2.45) is 0 Å². The second-order valence-corrected chi connectivity index (χ2v) is 6.72. The molecule has 0 radical (unpaired) electrons. The summed E-state index contributed by atoms with van der Waals surface area (Å²) < 4.78 is 1.22. The first kappa shape index (κ1) is 18.5. The zero-order chi connectivity index (χ0) is 20.2. The highest BCUT2D eigenvalue weighted by molar-refractivity contribution is 5.77. The Bertz CT molecular complexity index is 1200. The van der Waals surface area contributed by atoms with Crippen LogP contribution < -0.4 is 10.9 Å². The highest BCUT2D eigenvalue weighted by Gasteiger charge is 2.14. The van der Waals surface area contributed by atoms with Gasteiger partial charge < -0.3 is 10.3 Å². The van der Waals surface area contributed by atoms with Crippen LogP contribution >= 0.6 is 0 Å². The molecule has 1 unspecified atom stereocenters. The Kier molecular flexibility index (Phi) is 5.15. The number of amides is 1. The SMILES string of the molecule is CC(NC(=O)CCn1nnc2ccccc2c1=O)c1ncc(-c2ccccc2)[nH]1. The Morgan fingerprint density at radius 2 is 1.90 bits per heavy atom. The van der Waals surface area contributed by atoms with Crippen molar-refractivity contribution < 1.29 is 4.79 Å². The Hall–Kier alpha value is -3.81. The molecule has 0 aliphatic rings. The fourth-order valence-corrected chi connectivity index (χ4v) is 3.08. The molecule has 2 aromatic heterocycles. The number of aromatic amines is 1. The first-order valence-corrected chi connectivity index (χ1v) is 9.34. The fourth-order valence-electron chi connectivity index (χ4n) is 3.08. The predicted octanol–water partition coefficient (Wildman–Crippen LogP) is 2.45. The first-order valence-electron chi connectivity index (χ1n) is 9.34. The van der Waals surface area contributed by atoms with E-state index >= 15 is 0 Å². The van der Waals surface area contributed by atoms with Crippen LogP contribution in [0, 0.1) is 0 Å². The average Bonchev–Trinajstić information content (AvgIpc) is 3.25. The number of carbonyl (C=O) groups is 1. The van der Waals surface area contributed by atoms with Crippen LogP contribution in [0.15, 0.2) is 65.6 Å². The molecule has 2 heterocycles. The van der Waals surface area contributed by atoms with Gasteiger partial charge in [-0.1, -0.05) is 47.7 Å². The smallest absolute Gasteiger partial charge is 0.277 e. The first-order chi connectivity index (χ1) is 14.1. The Balaban J connectivity index is 1.38. The van der Waals surface area contributed by atoms with Crippen molar-refractivity contribution >= 4 is 16.8 Å². The molecule has 0 saturated carbocycles. The molecule has 0 spiro atoms. The number of carbonyl (C=O) groups excluding carboxylic acids is 1. The number of rotatable bonds is 6. The van der Waals surface area contributed by atoms with E-state index in [0.29, 0.717) is 16.7 Å². The molecule has 0 saturated heterocycles. The summed E-state index contributed by atoms with van der Waals surface area (Å²) in [6.07, 6.45) is 1.86. The fraction of sp³-hybridized carbons (Fsp3) is 0.190. The Labute approximate surface area is 166 Å². The number of hydrogen-bond acceptors (Lipinski definition) is 5. The molecule has 1 atom stereocenters. The number of benzene rings is 2. The van der Waals surface area contributed by atoms with E-state index in [1.807, 2.05) is 37.3 Å². The van der Waals surface area contributed by atoms with E-state index in [0.717, 1.165) is 11.3 Å². The lowest BCUT2D eigenvalue weighted by atomic mass is 10.2. The van der Waals surface area contributed by atoms with E-state index in [1.165, 1.54) is 4.68 Å². The maximum atomic E-state index is 12.4. The van der Waals surface area contributed by atoms with Gasteiger partial charge >= 0.3 is 0 Å². The lowest BCUT2D eigenvalue weighted by Crippen LogP contribution is -2.31. The highest BCUT2D eigenvalue weighted by Crippen LogP contribution is 2.18. The lowest BCUT2D eigenvalue weighted by molar-refractivity contribution is -0.122. The minimum Gasteiger partial charge on any atom is -0.346 e. The molecule has 2 N–H and O–H groups in total. The maximum Gasteiger partial charge on any atom is 0.277 e. The van der Waals surface area contributed by atoms with E-state index in [9.17, 15) is 9.59 Å². The molecule has 8 nitrogen and oxygen atoms in total. The van der Waals surface area contributed by atoms with E-state index in [4.69, 9.17) is 0 Å². The standard InChI is InChI=1S/C21H20N6O2/c1-14(20-22-13-18(24-20)15-7-3-2-4-8-15)23-19(28)11-12-27-21(29)16-9-5-6-10-17(16)25-26-27/h2-10,13-14H,11-12H2,1H3,(H,22,24)(H,23,28). The molecule has 4 rings (SSSR count). The summed E-state index contributed by atoms with van der Waals surface area (Å²) in [6, 6.07) is 16.6. The van der Waals surface area contributed by atoms with E-state index < -0.39 is 0 Å². The van der Waals surface area contributed by atoms with Crippen LogP contribution in [0.2, 0.25) is 0 Å². The number of fused-ring (bicyclic) bond motifs is 1. The number of imidazole rings is 1. The summed E-state index contributed by atoms with van der Waals surface area (Å²) in [6.45, 7) is 2.01. The molecular weight excluding hydrogens is 368 g/mol. The van der Waals surface area contributed by atoms with Crippen molar-refractivity contribution in [1.29, 1.82) is 0 Å². The molecule has 0 aliphatic heterocycles. The van der Waals surface area contributed by atoms with Crippen LogP contribution in [0.25, 0.3) is 22.2 Å². The molecule has 146 valence electrons. The largest absolute Gasteiger partial charge is 0.346 e. The van der Waals surface area contributed by atoms with Crippen molar-refractivity contribution in [2.75, 3.05) is 0 Å². The number of hydrogen-bond donors (Lipinski definition) is 2. The third kappa shape index (κ3) is 4.06. The van der Waals surface area contributed by atoms with Crippen LogP contribution in [0.1, 0.15) is 25.2 Å². The quantitative estimate of drug-likeness (QED) is 0.528. The number of aromatic nitrogens is 5. The van der Waals surface area contributed by atoms with Gasteiger partial charge in [-0.15, -0.1) is 5.10 Å². The van der Waals surface area contributed by atoms with E-state index in [1.54, 1.807) is 30.5 Å². The van der Waals surface area contributed by atoms with Crippen LogP contribution in [0.3, 0.4) is 0 Å². The Morgan fingerprint density at radius 1 is 1.14 bits per heavy atom. The maximum absolute atomic E-state index is 12.4. The van der Waals surface area contributed by atoms with Gasteiger partial charge in [-0.3, -0.25) is 9.59 Å². The van der Waals surface area contributed by atoms with E-state index in [2.05, 4.69) is 25.6 Å². The third-order valence-corrected chi connectivity index (χ3v) is 4.65. The minimum absolute atomic E-state index is 0.115. The summed E-state index contributed by atoms with van der Waals surface area (Å²) in [5, 5.41) is 11.3. The second-order valence-electron chi connectivity index (χ2n) is 6.72. The summed E-state index contributed by atoms with van der Waals surface area (Å²) in [4.78, 5) is 32.4.